The smallest absolute Gasteiger partial charge is 0.313 e. The van der Waals surface area contributed by atoms with E-state index in [4.69, 9.17) is 4.74 Å². The van der Waals surface area contributed by atoms with Crippen LogP contribution >= 0.6 is 0 Å². The van der Waals surface area contributed by atoms with Gasteiger partial charge < -0.3 is 4.74 Å². The average Bonchev–Trinajstić information content (AvgIpc) is 2.47. The summed E-state index contributed by atoms with van der Waals surface area (Å²) in [5.41, 5.74) is 0.683. The van der Waals surface area contributed by atoms with Gasteiger partial charge in [0.2, 0.25) is 0 Å². The number of nitrogens with zero attached hydrogens (tertiary/aromatic N) is 1. The zero-order valence-corrected chi connectivity index (χ0v) is 11.1. The summed E-state index contributed by atoms with van der Waals surface area (Å²) in [6.07, 6.45) is 1.31. The second kappa shape index (κ2) is 3.22. The highest BCUT2D eigenvalue weighted by Gasteiger charge is 2.75. The van der Waals surface area contributed by atoms with E-state index in [2.05, 4.69) is 5.43 Å². The maximum atomic E-state index is 12.3. The Morgan fingerprint density at radius 3 is 2.24 bits per heavy atom. The lowest BCUT2D eigenvalue weighted by Gasteiger charge is -2.35. The molecule has 17 heavy (non-hydrogen) atoms. The van der Waals surface area contributed by atoms with Crippen molar-refractivity contribution in [1.82, 2.24) is 10.4 Å². The van der Waals surface area contributed by atoms with Gasteiger partial charge in [-0.1, -0.05) is 13.8 Å². The third kappa shape index (κ3) is 1.23. The SMILES string of the molecule is CN(C)NC(=O)[C@@]12CC[C@@](C)(C(=O)O1)C2(C)C. The molecule has 0 aromatic carbocycles. The van der Waals surface area contributed by atoms with Crippen molar-refractivity contribution in [3.05, 3.63) is 0 Å². The molecular weight excluding hydrogens is 220 g/mol. The number of rotatable bonds is 2. The van der Waals surface area contributed by atoms with E-state index < -0.39 is 16.4 Å². The van der Waals surface area contributed by atoms with Crippen molar-refractivity contribution >= 4 is 11.9 Å². The molecule has 2 rings (SSSR count). The van der Waals surface area contributed by atoms with Crippen molar-refractivity contribution in [3.8, 4) is 0 Å². The van der Waals surface area contributed by atoms with Gasteiger partial charge in [0.25, 0.3) is 5.91 Å². The first-order valence-electron chi connectivity index (χ1n) is 5.89. The van der Waals surface area contributed by atoms with E-state index in [0.717, 1.165) is 0 Å². The third-order valence-corrected chi connectivity index (χ3v) is 4.78. The van der Waals surface area contributed by atoms with E-state index in [1.807, 2.05) is 20.8 Å². The quantitative estimate of drug-likeness (QED) is 0.570. The normalized spacial score (nSPS) is 38.4. The number of hydrogen-bond acceptors (Lipinski definition) is 4. The number of hydrogen-bond donors (Lipinski definition) is 1. The van der Waals surface area contributed by atoms with E-state index in [-0.39, 0.29) is 11.9 Å². The zero-order valence-electron chi connectivity index (χ0n) is 11.1. The number of hydrazine groups is 1. The molecule has 1 aliphatic carbocycles. The Balaban J connectivity index is 2.40. The predicted octanol–water partition coefficient (Wildman–Crippen LogP) is 0.701. The summed E-state index contributed by atoms with van der Waals surface area (Å²) in [6.45, 7) is 5.79. The lowest BCUT2D eigenvalue weighted by molar-refractivity contribution is -0.170. The van der Waals surface area contributed by atoms with Crippen molar-refractivity contribution in [1.29, 1.82) is 0 Å². The molecular formula is C12H20N2O3. The van der Waals surface area contributed by atoms with Crippen LogP contribution in [0, 0.1) is 10.8 Å². The summed E-state index contributed by atoms with van der Waals surface area (Å²) in [5.74, 6) is -0.468. The molecule has 2 aliphatic rings. The first kappa shape index (κ1) is 12.4. The van der Waals surface area contributed by atoms with Crippen LogP contribution in [0.15, 0.2) is 0 Å². The van der Waals surface area contributed by atoms with E-state index in [1.54, 1.807) is 19.1 Å². The lowest BCUT2D eigenvalue weighted by atomic mass is 9.66. The Bertz CT molecular complexity index is 391. The van der Waals surface area contributed by atoms with Crippen LogP contribution in [0.5, 0.6) is 0 Å². The van der Waals surface area contributed by atoms with Crippen LogP contribution in [0.3, 0.4) is 0 Å². The molecule has 5 heteroatoms. The highest BCUT2D eigenvalue weighted by Crippen LogP contribution is 2.65. The standard InChI is InChI=1S/C12H20N2O3/c1-10(2)11(3)6-7-12(10,17-9(11)16)8(15)13-14(4)5/h6-7H2,1-5H3,(H,13,15)/t11-,12+/m0/s1. The van der Waals surface area contributed by atoms with Crippen molar-refractivity contribution in [3.63, 3.8) is 0 Å². The van der Waals surface area contributed by atoms with Gasteiger partial charge in [0.15, 0.2) is 5.60 Å². The summed E-state index contributed by atoms with van der Waals surface area (Å²) in [5, 5.41) is 1.58. The zero-order chi connectivity index (χ0) is 13.1. The van der Waals surface area contributed by atoms with Gasteiger partial charge in [-0.15, -0.1) is 0 Å². The lowest BCUT2D eigenvalue weighted by Crippen LogP contribution is -2.56. The number of esters is 1. The molecule has 1 saturated heterocycles. The van der Waals surface area contributed by atoms with Crippen molar-refractivity contribution < 1.29 is 14.3 Å². The fourth-order valence-electron chi connectivity index (χ4n) is 3.04. The second-order valence-electron chi connectivity index (χ2n) is 6.01. The highest BCUT2D eigenvalue weighted by molar-refractivity contribution is 5.95. The minimum Gasteiger partial charge on any atom is -0.448 e. The molecule has 0 unspecified atom stereocenters. The van der Waals surface area contributed by atoms with Gasteiger partial charge in [0, 0.05) is 19.5 Å². The van der Waals surface area contributed by atoms with Crippen LogP contribution in [-0.4, -0.2) is 36.6 Å². The maximum absolute atomic E-state index is 12.3. The van der Waals surface area contributed by atoms with Crippen LogP contribution < -0.4 is 5.43 Å². The summed E-state index contributed by atoms with van der Waals surface area (Å²) in [7, 11) is 3.49. The molecule has 1 amide bonds. The topological polar surface area (TPSA) is 58.6 Å². The maximum Gasteiger partial charge on any atom is 0.313 e. The van der Waals surface area contributed by atoms with Crippen molar-refractivity contribution in [2.24, 2.45) is 10.8 Å². The van der Waals surface area contributed by atoms with E-state index in [1.165, 1.54) is 0 Å². The van der Waals surface area contributed by atoms with Gasteiger partial charge in [-0.3, -0.25) is 15.0 Å². The minimum atomic E-state index is -1.01. The van der Waals surface area contributed by atoms with E-state index in [9.17, 15) is 9.59 Å². The molecule has 0 radical (unpaired) electrons. The molecule has 0 aromatic rings. The highest BCUT2D eigenvalue weighted by atomic mass is 16.6. The molecule has 2 bridgehead atoms. The van der Waals surface area contributed by atoms with Crippen LogP contribution in [0.25, 0.3) is 0 Å². The Morgan fingerprint density at radius 1 is 1.29 bits per heavy atom. The summed E-state index contributed by atoms with van der Waals surface area (Å²) >= 11 is 0. The van der Waals surface area contributed by atoms with Crippen LogP contribution in [-0.2, 0) is 14.3 Å². The molecule has 1 aliphatic heterocycles. The molecule has 2 atom stereocenters. The number of nitrogens with one attached hydrogen (secondary N) is 1. The van der Waals surface area contributed by atoms with Gasteiger partial charge >= 0.3 is 5.97 Å². The predicted molar refractivity (Wildman–Crippen MR) is 61.8 cm³/mol. The van der Waals surface area contributed by atoms with Crippen molar-refractivity contribution in [2.45, 2.75) is 39.2 Å². The third-order valence-electron chi connectivity index (χ3n) is 4.78. The fraction of sp³-hybridized carbons (Fsp3) is 0.833. The van der Waals surface area contributed by atoms with Crippen LogP contribution in [0.1, 0.15) is 33.6 Å². The number of amides is 1. The molecule has 2 fully saturated rings. The summed E-state index contributed by atoms with van der Waals surface area (Å²) in [4.78, 5) is 24.3. The average molecular weight is 240 g/mol. The first-order valence-corrected chi connectivity index (χ1v) is 5.89. The number of fused-ring (bicyclic) bond motifs is 2. The molecule has 1 heterocycles. The Kier molecular flexibility index (Phi) is 2.34. The van der Waals surface area contributed by atoms with E-state index in [0.29, 0.717) is 12.8 Å². The van der Waals surface area contributed by atoms with Gasteiger partial charge in [0.05, 0.1) is 5.41 Å². The van der Waals surface area contributed by atoms with E-state index >= 15 is 0 Å². The largest absolute Gasteiger partial charge is 0.448 e. The van der Waals surface area contributed by atoms with Crippen molar-refractivity contribution in [2.75, 3.05) is 14.1 Å². The molecule has 1 N–H and O–H groups in total. The molecule has 1 saturated carbocycles. The molecule has 5 nitrogen and oxygen atoms in total. The number of ether oxygens (including phenoxy) is 1. The van der Waals surface area contributed by atoms with Gasteiger partial charge in [0.1, 0.15) is 0 Å². The Morgan fingerprint density at radius 2 is 1.88 bits per heavy atom. The van der Waals surface area contributed by atoms with Crippen LogP contribution in [0.2, 0.25) is 0 Å². The number of carbonyl (C=O) groups excluding carboxylic acids is 2. The fourth-order valence-corrected chi connectivity index (χ4v) is 3.04. The van der Waals surface area contributed by atoms with Gasteiger partial charge in [-0.2, -0.15) is 0 Å². The first-order chi connectivity index (χ1) is 7.67. The minimum absolute atomic E-state index is 0.220. The molecule has 0 spiro atoms. The molecule has 96 valence electrons. The summed E-state index contributed by atoms with van der Waals surface area (Å²) < 4.78 is 5.45. The second-order valence-corrected chi connectivity index (χ2v) is 6.01. The molecule has 0 aromatic heterocycles. The van der Waals surface area contributed by atoms with Crippen LogP contribution in [0.4, 0.5) is 0 Å². The van der Waals surface area contributed by atoms with Gasteiger partial charge in [-0.25, -0.2) is 5.01 Å². The Hall–Kier alpha value is -1.10. The summed E-state index contributed by atoms with van der Waals surface area (Å²) in [6, 6.07) is 0. The van der Waals surface area contributed by atoms with Gasteiger partial charge in [-0.05, 0) is 19.8 Å². The Labute approximate surface area is 101 Å². The number of carbonyl (C=O) groups is 2. The monoisotopic (exact) mass is 240 g/mol.